The van der Waals surface area contributed by atoms with Crippen LogP contribution in [0.1, 0.15) is 12.8 Å². The van der Waals surface area contributed by atoms with Gasteiger partial charge in [-0.3, -0.25) is 9.78 Å². The van der Waals surface area contributed by atoms with E-state index in [4.69, 9.17) is 4.74 Å². The van der Waals surface area contributed by atoms with Gasteiger partial charge in [0.25, 0.3) is 0 Å². The Bertz CT molecular complexity index is 743. The molecule has 24 heavy (non-hydrogen) atoms. The molecule has 0 atom stereocenters. The summed E-state index contributed by atoms with van der Waals surface area (Å²) in [6, 6.07) is 4.83. The third-order valence-corrected chi connectivity index (χ3v) is 3.86. The van der Waals surface area contributed by atoms with Gasteiger partial charge in [-0.2, -0.15) is 13.2 Å². The summed E-state index contributed by atoms with van der Waals surface area (Å²) in [5.41, 5.74) is 0.0238. The lowest BCUT2D eigenvalue weighted by Crippen LogP contribution is -2.34. The maximum Gasteiger partial charge on any atom is 0.471 e. The molecule has 3 rings (SSSR count). The Morgan fingerprint density at radius 1 is 1.25 bits per heavy atom. The van der Waals surface area contributed by atoms with Crippen LogP contribution in [0.3, 0.4) is 0 Å². The Morgan fingerprint density at radius 3 is 2.71 bits per heavy atom. The van der Waals surface area contributed by atoms with Gasteiger partial charge in [-0.05, 0) is 44.1 Å². The van der Waals surface area contributed by atoms with Gasteiger partial charge in [0.05, 0.1) is 5.69 Å². The Kier molecular flexibility index (Phi) is 4.57. The normalized spacial score (nSPS) is 16.1. The first-order chi connectivity index (χ1) is 11.4. The summed E-state index contributed by atoms with van der Waals surface area (Å²) < 4.78 is 43.8. The van der Waals surface area contributed by atoms with E-state index in [9.17, 15) is 18.0 Å². The highest BCUT2D eigenvalue weighted by Crippen LogP contribution is 2.35. The van der Waals surface area contributed by atoms with Crippen LogP contribution in [0, 0.1) is 0 Å². The number of hydrogen-bond acceptors (Lipinski definition) is 4. The topological polar surface area (TPSA) is 63.2 Å². The average Bonchev–Trinajstić information content (AvgIpc) is 2.57. The molecule has 1 amide bonds. The zero-order chi connectivity index (χ0) is 17.2. The highest BCUT2D eigenvalue weighted by Gasteiger charge is 2.39. The number of amides is 1. The minimum absolute atomic E-state index is 0.0238. The second kappa shape index (κ2) is 6.64. The molecule has 2 heterocycles. The van der Waals surface area contributed by atoms with E-state index >= 15 is 0 Å². The molecule has 1 aliphatic rings. The number of aromatic nitrogens is 1. The standard InChI is InChI=1S/C16H16F3N3O2/c17-16(18,19)15(23)22-14-12-5-8-21-9-10(12)1-2-13(14)24-11-3-6-20-7-4-11/h1-2,5,8-9,11,20H,3-4,6-7H2,(H,22,23). The van der Waals surface area contributed by atoms with Crippen molar-refractivity contribution in [3.05, 3.63) is 30.6 Å². The molecule has 2 aromatic rings. The van der Waals surface area contributed by atoms with Crippen LogP contribution >= 0.6 is 0 Å². The maximum atomic E-state index is 12.7. The fourth-order valence-electron chi connectivity index (χ4n) is 2.65. The lowest BCUT2D eigenvalue weighted by atomic mass is 10.1. The summed E-state index contributed by atoms with van der Waals surface area (Å²) in [6.45, 7) is 1.57. The average molecular weight is 339 g/mol. The SMILES string of the molecule is O=C(Nc1c(OC2CCNCC2)ccc2cnccc12)C(F)(F)F. The van der Waals surface area contributed by atoms with Gasteiger partial charge >= 0.3 is 12.1 Å². The van der Waals surface area contributed by atoms with Gasteiger partial charge in [0.2, 0.25) is 0 Å². The van der Waals surface area contributed by atoms with Crippen LogP contribution in [0.2, 0.25) is 0 Å². The first kappa shape index (κ1) is 16.5. The van der Waals surface area contributed by atoms with Gasteiger partial charge in [-0.1, -0.05) is 0 Å². The third kappa shape index (κ3) is 3.59. The molecule has 0 spiro atoms. The quantitative estimate of drug-likeness (QED) is 0.903. The van der Waals surface area contributed by atoms with Crippen LogP contribution in [0.4, 0.5) is 18.9 Å². The molecule has 1 aromatic heterocycles. The number of anilines is 1. The zero-order valence-electron chi connectivity index (χ0n) is 12.7. The second-order valence-electron chi connectivity index (χ2n) is 5.55. The number of piperidine rings is 1. The molecule has 8 heteroatoms. The molecule has 1 aliphatic heterocycles. The van der Waals surface area contributed by atoms with E-state index in [-0.39, 0.29) is 17.5 Å². The number of rotatable bonds is 3. The predicted octanol–water partition coefficient (Wildman–Crippen LogP) is 2.87. The molecule has 0 aliphatic carbocycles. The Hall–Kier alpha value is -2.35. The highest BCUT2D eigenvalue weighted by molar-refractivity contribution is 6.05. The molecular weight excluding hydrogens is 323 g/mol. The van der Waals surface area contributed by atoms with Crippen LogP contribution in [0.25, 0.3) is 10.8 Å². The first-order valence-electron chi connectivity index (χ1n) is 7.57. The number of carbonyl (C=O) groups excluding carboxylic acids is 1. The van der Waals surface area contributed by atoms with Crippen molar-refractivity contribution < 1.29 is 22.7 Å². The molecule has 0 radical (unpaired) electrons. The number of carbonyl (C=O) groups is 1. The van der Waals surface area contributed by atoms with Gasteiger partial charge in [0.1, 0.15) is 11.9 Å². The molecule has 0 saturated carbocycles. The van der Waals surface area contributed by atoms with E-state index < -0.39 is 12.1 Å². The minimum atomic E-state index is -4.97. The molecule has 1 aromatic carbocycles. The first-order valence-corrected chi connectivity index (χ1v) is 7.57. The molecule has 0 unspecified atom stereocenters. The molecule has 2 N–H and O–H groups in total. The summed E-state index contributed by atoms with van der Waals surface area (Å²) in [4.78, 5) is 15.3. The van der Waals surface area contributed by atoms with E-state index in [2.05, 4.69) is 10.3 Å². The number of nitrogens with zero attached hydrogens (tertiary/aromatic N) is 1. The van der Waals surface area contributed by atoms with E-state index in [1.165, 1.54) is 12.4 Å². The van der Waals surface area contributed by atoms with Crippen molar-refractivity contribution in [2.24, 2.45) is 0 Å². The fraction of sp³-hybridized carbons (Fsp3) is 0.375. The van der Waals surface area contributed by atoms with Crippen LogP contribution in [-0.4, -0.2) is 36.3 Å². The predicted molar refractivity (Wildman–Crippen MR) is 82.9 cm³/mol. The van der Waals surface area contributed by atoms with Crippen molar-refractivity contribution in [3.63, 3.8) is 0 Å². The monoisotopic (exact) mass is 339 g/mol. The van der Waals surface area contributed by atoms with E-state index in [1.54, 1.807) is 18.2 Å². The van der Waals surface area contributed by atoms with Gasteiger partial charge < -0.3 is 15.4 Å². The third-order valence-electron chi connectivity index (χ3n) is 3.86. The summed E-state index contributed by atoms with van der Waals surface area (Å²) >= 11 is 0. The molecular formula is C16H16F3N3O2. The number of nitrogens with one attached hydrogen (secondary N) is 2. The molecule has 128 valence electrons. The lowest BCUT2D eigenvalue weighted by molar-refractivity contribution is -0.167. The number of pyridine rings is 1. The van der Waals surface area contributed by atoms with Gasteiger partial charge in [-0.15, -0.1) is 0 Å². The van der Waals surface area contributed by atoms with Crippen molar-refractivity contribution in [2.75, 3.05) is 18.4 Å². The molecule has 1 saturated heterocycles. The van der Waals surface area contributed by atoms with Crippen molar-refractivity contribution in [2.45, 2.75) is 25.1 Å². The number of halogens is 3. The summed E-state index contributed by atoms with van der Waals surface area (Å²) in [5.74, 6) is -1.79. The largest absolute Gasteiger partial charge is 0.488 e. The number of fused-ring (bicyclic) bond motifs is 1. The summed E-state index contributed by atoms with van der Waals surface area (Å²) in [6.07, 6.45) is -0.595. The van der Waals surface area contributed by atoms with Crippen molar-refractivity contribution in [1.82, 2.24) is 10.3 Å². The highest BCUT2D eigenvalue weighted by atomic mass is 19.4. The molecule has 1 fully saturated rings. The van der Waals surface area contributed by atoms with E-state index in [1.807, 2.05) is 5.32 Å². The summed E-state index contributed by atoms with van der Waals surface area (Å²) in [5, 5.41) is 6.21. The fourth-order valence-corrected chi connectivity index (χ4v) is 2.65. The van der Waals surface area contributed by atoms with Crippen molar-refractivity contribution >= 4 is 22.4 Å². The van der Waals surface area contributed by atoms with Gasteiger partial charge in [-0.25, -0.2) is 0 Å². The number of hydrogen-bond donors (Lipinski definition) is 2. The van der Waals surface area contributed by atoms with Crippen LogP contribution in [-0.2, 0) is 4.79 Å². The van der Waals surface area contributed by atoms with E-state index in [0.29, 0.717) is 10.8 Å². The molecule has 0 bridgehead atoms. The minimum Gasteiger partial charge on any atom is -0.488 e. The second-order valence-corrected chi connectivity index (χ2v) is 5.55. The Balaban J connectivity index is 1.97. The van der Waals surface area contributed by atoms with Crippen molar-refractivity contribution in [3.8, 4) is 5.75 Å². The summed E-state index contributed by atoms with van der Waals surface area (Å²) in [7, 11) is 0. The number of ether oxygens (including phenoxy) is 1. The van der Waals surface area contributed by atoms with Crippen LogP contribution in [0.15, 0.2) is 30.6 Å². The Labute approximate surface area is 136 Å². The van der Waals surface area contributed by atoms with Gasteiger partial charge in [0, 0.05) is 23.2 Å². The Morgan fingerprint density at radius 2 is 2.00 bits per heavy atom. The molecule has 5 nitrogen and oxygen atoms in total. The zero-order valence-corrected chi connectivity index (χ0v) is 12.7. The van der Waals surface area contributed by atoms with Crippen LogP contribution in [0.5, 0.6) is 5.75 Å². The van der Waals surface area contributed by atoms with E-state index in [0.717, 1.165) is 25.9 Å². The number of alkyl halides is 3. The van der Waals surface area contributed by atoms with Crippen molar-refractivity contribution in [1.29, 1.82) is 0 Å². The maximum absolute atomic E-state index is 12.7. The smallest absolute Gasteiger partial charge is 0.471 e. The lowest BCUT2D eigenvalue weighted by Gasteiger charge is -2.25. The van der Waals surface area contributed by atoms with Gasteiger partial charge in [0.15, 0.2) is 0 Å². The van der Waals surface area contributed by atoms with Crippen LogP contribution < -0.4 is 15.4 Å². The number of benzene rings is 1.